The maximum atomic E-state index is 9.57. The predicted octanol–water partition coefficient (Wildman–Crippen LogP) is 3.17. The largest absolute Gasteiger partial charge is 0.394 e. The molecular weight excluding hydrogens is 285 g/mol. The number of nitrogens with zero attached hydrogens (tertiary/aromatic N) is 2. The van der Waals surface area contributed by atoms with Crippen molar-refractivity contribution in [3.63, 3.8) is 0 Å². The van der Waals surface area contributed by atoms with Gasteiger partial charge in [-0.2, -0.15) is 0 Å². The van der Waals surface area contributed by atoms with Crippen molar-refractivity contribution >= 4 is 34.8 Å². The molecule has 1 fully saturated rings. The van der Waals surface area contributed by atoms with Crippen LogP contribution in [0.3, 0.4) is 0 Å². The van der Waals surface area contributed by atoms with Gasteiger partial charge in [0.15, 0.2) is 0 Å². The van der Waals surface area contributed by atoms with Gasteiger partial charge in [0.25, 0.3) is 0 Å². The molecule has 1 aromatic heterocycles. The summed E-state index contributed by atoms with van der Waals surface area (Å²) in [5.74, 6) is 1.32. The monoisotopic (exact) mass is 303 g/mol. The second-order valence-corrected chi connectivity index (χ2v) is 5.57. The third-order valence-electron chi connectivity index (χ3n) is 3.51. The Balaban J connectivity index is 2.37. The van der Waals surface area contributed by atoms with Crippen molar-refractivity contribution in [1.29, 1.82) is 0 Å². The lowest BCUT2D eigenvalue weighted by molar-refractivity contribution is 0.254. The zero-order valence-corrected chi connectivity index (χ0v) is 12.5. The highest BCUT2D eigenvalue weighted by molar-refractivity contribution is 6.37. The van der Waals surface area contributed by atoms with E-state index >= 15 is 0 Å². The van der Waals surface area contributed by atoms with Gasteiger partial charge in [0.1, 0.15) is 11.6 Å². The van der Waals surface area contributed by atoms with Crippen LogP contribution < -0.4 is 10.2 Å². The van der Waals surface area contributed by atoms with E-state index in [-0.39, 0.29) is 12.6 Å². The Morgan fingerprint density at radius 2 is 2.16 bits per heavy atom. The highest BCUT2D eigenvalue weighted by atomic mass is 35.5. The molecule has 106 valence electrons. The molecule has 2 N–H and O–H groups in total. The summed E-state index contributed by atoms with van der Waals surface area (Å²) < 4.78 is 0. The van der Waals surface area contributed by atoms with Crippen LogP contribution in [0.4, 0.5) is 11.6 Å². The Bertz CT molecular complexity index is 442. The maximum Gasteiger partial charge on any atom is 0.150 e. The first-order valence-electron chi connectivity index (χ1n) is 6.58. The van der Waals surface area contributed by atoms with Crippen LogP contribution >= 0.6 is 23.2 Å². The number of pyridine rings is 1. The molecule has 4 nitrogen and oxygen atoms in total. The Hall–Kier alpha value is -0.710. The van der Waals surface area contributed by atoms with E-state index in [1.165, 1.54) is 6.42 Å². The van der Waals surface area contributed by atoms with Gasteiger partial charge in [-0.1, -0.05) is 36.0 Å². The van der Waals surface area contributed by atoms with Crippen LogP contribution in [0.2, 0.25) is 10.0 Å². The van der Waals surface area contributed by atoms with E-state index in [0.29, 0.717) is 21.7 Å². The smallest absolute Gasteiger partial charge is 0.150 e. The fraction of sp³-hybridized carbons (Fsp3) is 0.615. The standard InChI is InChI=1S/C13H19Cl2N3O/c1-16-12-10(14)7-11(15)13(17-12)18-6-4-2-3-5-9(18)8-19/h7,9,19H,2-6,8H2,1H3,(H,16,17). The zero-order valence-electron chi connectivity index (χ0n) is 11.0. The van der Waals surface area contributed by atoms with Crippen molar-refractivity contribution in [3.05, 3.63) is 16.1 Å². The number of aliphatic hydroxyl groups is 1. The molecule has 1 aliphatic heterocycles. The molecule has 6 heteroatoms. The lowest BCUT2D eigenvalue weighted by Crippen LogP contribution is -2.38. The van der Waals surface area contributed by atoms with Gasteiger partial charge in [0, 0.05) is 13.6 Å². The average molecular weight is 304 g/mol. The number of rotatable bonds is 3. The number of hydrogen-bond donors (Lipinski definition) is 2. The molecule has 0 aliphatic carbocycles. The lowest BCUT2D eigenvalue weighted by Gasteiger charge is -2.30. The molecule has 2 heterocycles. The third kappa shape index (κ3) is 3.25. The van der Waals surface area contributed by atoms with E-state index in [1.807, 2.05) is 0 Å². The molecule has 0 saturated carbocycles. The van der Waals surface area contributed by atoms with E-state index in [1.54, 1.807) is 13.1 Å². The van der Waals surface area contributed by atoms with Crippen LogP contribution in [-0.4, -0.2) is 36.3 Å². The van der Waals surface area contributed by atoms with E-state index in [0.717, 1.165) is 25.8 Å². The van der Waals surface area contributed by atoms with E-state index in [9.17, 15) is 5.11 Å². The predicted molar refractivity (Wildman–Crippen MR) is 80.5 cm³/mol. The molecule has 1 unspecified atom stereocenters. The summed E-state index contributed by atoms with van der Waals surface area (Å²) in [7, 11) is 1.78. The Labute approximate surface area is 123 Å². The van der Waals surface area contributed by atoms with Crippen LogP contribution in [0.15, 0.2) is 6.07 Å². The van der Waals surface area contributed by atoms with E-state index < -0.39 is 0 Å². The quantitative estimate of drug-likeness (QED) is 0.900. The minimum Gasteiger partial charge on any atom is -0.394 e. The summed E-state index contributed by atoms with van der Waals surface area (Å²) in [4.78, 5) is 6.60. The Morgan fingerprint density at radius 1 is 1.37 bits per heavy atom. The van der Waals surface area contributed by atoms with Gasteiger partial charge >= 0.3 is 0 Å². The zero-order chi connectivity index (χ0) is 13.8. The molecular formula is C13H19Cl2N3O. The Morgan fingerprint density at radius 3 is 2.84 bits per heavy atom. The molecule has 0 radical (unpaired) electrons. The van der Waals surface area contributed by atoms with Gasteiger partial charge in [-0.05, 0) is 18.9 Å². The van der Waals surface area contributed by atoms with E-state index in [4.69, 9.17) is 23.2 Å². The number of nitrogens with one attached hydrogen (secondary N) is 1. The number of halogens is 2. The summed E-state index contributed by atoms with van der Waals surface area (Å²) in [5.41, 5.74) is 0. The second kappa shape index (κ2) is 6.64. The minimum atomic E-state index is 0.0818. The molecule has 0 amide bonds. The van der Waals surface area contributed by atoms with Gasteiger partial charge < -0.3 is 15.3 Å². The van der Waals surface area contributed by atoms with Gasteiger partial charge in [-0.3, -0.25) is 0 Å². The highest BCUT2D eigenvalue weighted by Gasteiger charge is 2.24. The van der Waals surface area contributed by atoms with Crippen molar-refractivity contribution in [2.75, 3.05) is 30.4 Å². The van der Waals surface area contributed by atoms with Crippen LogP contribution in [0, 0.1) is 0 Å². The molecule has 0 aromatic carbocycles. The molecule has 19 heavy (non-hydrogen) atoms. The van der Waals surface area contributed by atoms with E-state index in [2.05, 4.69) is 15.2 Å². The summed E-state index contributed by atoms with van der Waals surface area (Å²) in [5, 5.41) is 13.6. The van der Waals surface area contributed by atoms with Crippen LogP contribution in [0.5, 0.6) is 0 Å². The highest BCUT2D eigenvalue weighted by Crippen LogP contribution is 2.33. The molecule has 1 aliphatic rings. The van der Waals surface area contributed by atoms with Gasteiger partial charge in [0.05, 0.1) is 22.7 Å². The first-order valence-corrected chi connectivity index (χ1v) is 7.34. The number of hydrogen-bond acceptors (Lipinski definition) is 4. The normalized spacial score (nSPS) is 20.2. The van der Waals surface area contributed by atoms with Gasteiger partial charge in [0.2, 0.25) is 0 Å². The van der Waals surface area contributed by atoms with Crippen molar-refractivity contribution in [2.24, 2.45) is 0 Å². The SMILES string of the molecule is CNc1nc(N2CCCCCC2CO)c(Cl)cc1Cl. The topological polar surface area (TPSA) is 48.4 Å². The number of aromatic nitrogens is 1. The van der Waals surface area contributed by atoms with Crippen molar-refractivity contribution < 1.29 is 5.11 Å². The third-order valence-corrected chi connectivity index (χ3v) is 4.07. The van der Waals surface area contributed by atoms with Crippen molar-refractivity contribution in [1.82, 2.24) is 4.98 Å². The first-order chi connectivity index (χ1) is 9.17. The summed E-state index contributed by atoms with van der Waals surface area (Å²) in [6, 6.07) is 1.79. The Kier molecular flexibility index (Phi) is 5.13. The summed E-state index contributed by atoms with van der Waals surface area (Å²) in [6.07, 6.45) is 4.36. The molecule has 2 rings (SSSR count). The van der Waals surface area contributed by atoms with Crippen LogP contribution in [-0.2, 0) is 0 Å². The first kappa shape index (κ1) is 14.7. The lowest BCUT2D eigenvalue weighted by atomic mass is 10.1. The maximum absolute atomic E-state index is 9.57. The second-order valence-electron chi connectivity index (χ2n) is 4.75. The van der Waals surface area contributed by atoms with Gasteiger partial charge in [-0.15, -0.1) is 0 Å². The molecule has 1 atom stereocenters. The summed E-state index contributed by atoms with van der Waals surface area (Å²) >= 11 is 12.3. The average Bonchev–Trinajstić information content (AvgIpc) is 2.64. The molecule has 0 spiro atoms. The fourth-order valence-electron chi connectivity index (χ4n) is 2.48. The van der Waals surface area contributed by atoms with Crippen LogP contribution in [0.25, 0.3) is 0 Å². The minimum absolute atomic E-state index is 0.0818. The fourth-order valence-corrected chi connectivity index (χ4v) is 3.04. The molecule has 1 aromatic rings. The molecule has 1 saturated heterocycles. The van der Waals surface area contributed by atoms with Gasteiger partial charge in [-0.25, -0.2) is 4.98 Å². The number of aliphatic hydroxyl groups excluding tert-OH is 1. The number of anilines is 2. The molecule has 0 bridgehead atoms. The van der Waals surface area contributed by atoms with Crippen LogP contribution in [0.1, 0.15) is 25.7 Å². The summed E-state index contributed by atoms with van der Waals surface area (Å²) in [6.45, 7) is 0.984. The van der Waals surface area contributed by atoms with Crippen molar-refractivity contribution in [2.45, 2.75) is 31.7 Å². The van der Waals surface area contributed by atoms with Crippen molar-refractivity contribution in [3.8, 4) is 0 Å².